The molecule has 0 fully saturated rings. The molecule has 0 spiro atoms. The number of benzene rings is 3. The summed E-state index contributed by atoms with van der Waals surface area (Å²) in [6.45, 7) is 9.00. The average Bonchev–Trinajstić information content (AvgIpc) is 3.70. The van der Waals surface area contributed by atoms with Gasteiger partial charge in [0.2, 0.25) is 5.90 Å². The summed E-state index contributed by atoms with van der Waals surface area (Å²) in [7, 11) is 1.59. The van der Waals surface area contributed by atoms with Crippen LogP contribution in [0.5, 0.6) is 11.5 Å². The Morgan fingerprint density at radius 2 is 1.59 bits per heavy atom. The van der Waals surface area contributed by atoms with Crippen molar-refractivity contribution in [2.75, 3.05) is 7.11 Å². The Balaban J connectivity index is 1.61. The van der Waals surface area contributed by atoms with Crippen LogP contribution >= 0.6 is 0 Å². The predicted octanol–water partition coefficient (Wildman–Crippen LogP) is 9.14. The van der Waals surface area contributed by atoms with Gasteiger partial charge in [0.15, 0.2) is 11.6 Å². The van der Waals surface area contributed by atoms with Gasteiger partial charge in [-0.15, -0.1) is 0 Å². The average molecular weight is 656 g/mol. The Labute approximate surface area is 288 Å². The molecule has 0 amide bonds. The molecule has 3 aliphatic carbocycles. The minimum Gasteiger partial charge on any atom is -0.508 e. The van der Waals surface area contributed by atoms with Crippen molar-refractivity contribution >= 4 is 29.1 Å². The van der Waals surface area contributed by atoms with Gasteiger partial charge in [0.05, 0.1) is 13.7 Å². The number of rotatable bonds is 9. The molecule has 3 aromatic rings. The van der Waals surface area contributed by atoms with E-state index < -0.39 is 11.3 Å². The number of phenols is 2. The molecule has 0 saturated carbocycles. The van der Waals surface area contributed by atoms with Crippen LogP contribution in [0.25, 0.3) is 11.6 Å². The Hall–Kier alpha value is -4.71. The van der Waals surface area contributed by atoms with E-state index in [2.05, 4.69) is 50.9 Å². The van der Waals surface area contributed by atoms with Gasteiger partial charge in [-0.1, -0.05) is 95.8 Å². The second-order valence-corrected chi connectivity index (χ2v) is 14.6. The van der Waals surface area contributed by atoms with E-state index in [1.54, 1.807) is 37.4 Å². The predicted molar refractivity (Wildman–Crippen MR) is 194 cm³/mol. The van der Waals surface area contributed by atoms with Crippen molar-refractivity contribution in [3.8, 4) is 11.5 Å². The molecule has 0 saturated heterocycles. The summed E-state index contributed by atoms with van der Waals surface area (Å²) in [4.78, 5) is 35.1. The zero-order chi connectivity index (χ0) is 34.7. The first-order chi connectivity index (χ1) is 23.6. The van der Waals surface area contributed by atoms with Gasteiger partial charge < -0.3 is 14.9 Å². The summed E-state index contributed by atoms with van der Waals surface area (Å²) in [6.07, 6.45) is 8.60. The second kappa shape index (κ2) is 12.3. The number of phenolic OH excluding ortho intramolecular Hbond substituents is 2. The highest BCUT2D eigenvalue weighted by atomic mass is 16.5. The number of Topliss-reactive ketones (excluding diaryl/α,β-unsaturated/α-hetero) is 2. The van der Waals surface area contributed by atoms with Crippen LogP contribution in [0.2, 0.25) is 0 Å². The fourth-order valence-corrected chi connectivity index (χ4v) is 8.92. The molecule has 7 rings (SSSR count). The molecule has 252 valence electrons. The van der Waals surface area contributed by atoms with Crippen LogP contribution in [0.4, 0.5) is 0 Å². The number of aliphatic imine (C=N–C) groups is 1. The van der Waals surface area contributed by atoms with Gasteiger partial charge in [-0.25, -0.2) is 4.99 Å². The zero-order valence-electron chi connectivity index (χ0n) is 29.2. The summed E-state index contributed by atoms with van der Waals surface area (Å²) in [5.74, 6) is -0.785. The Morgan fingerprint density at radius 3 is 2.22 bits per heavy atom. The van der Waals surface area contributed by atoms with E-state index in [0.717, 1.165) is 83.1 Å². The monoisotopic (exact) mass is 655 g/mol. The molecule has 0 bridgehead atoms. The van der Waals surface area contributed by atoms with Gasteiger partial charge in [-0.2, -0.15) is 0 Å². The third kappa shape index (κ3) is 5.02. The molecule has 1 aliphatic heterocycles. The number of unbranched alkanes of at least 4 members (excludes halogenated alkanes) is 2. The minimum atomic E-state index is -1.06. The number of ether oxygens (including phenoxy) is 1. The van der Waals surface area contributed by atoms with E-state index >= 15 is 9.59 Å². The summed E-state index contributed by atoms with van der Waals surface area (Å²) < 4.78 is 5.64. The van der Waals surface area contributed by atoms with Crippen molar-refractivity contribution < 1.29 is 24.5 Å². The number of aromatic hydroxyl groups is 2. The van der Waals surface area contributed by atoms with E-state index in [9.17, 15) is 10.2 Å². The topological polar surface area (TPSA) is 96.2 Å². The first-order valence-electron chi connectivity index (χ1n) is 17.7. The van der Waals surface area contributed by atoms with Crippen LogP contribution in [0.3, 0.4) is 0 Å². The quantitative estimate of drug-likeness (QED) is 0.224. The smallest absolute Gasteiger partial charge is 0.216 e. The highest BCUT2D eigenvalue weighted by molar-refractivity contribution is 6.30. The maximum absolute atomic E-state index is 15.2. The lowest BCUT2D eigenvalue weighted by molar-refractivity contribution is -0.126. The minimum absolute atomic E-state index is 0.0757. The number of fused-ring (bicyclic) bond motifs is 6. The SMILES string of the molecule is CCCCC1(CCCC)CC2=C(C(C)(C)c3ccccc3)C(=O)C(c3ccc(O)cc3)C(=O)C2=C2C1=Cc1c(O)cc3c(c12)CN=C3OC. The molecule has 1 heterocycles. The largest absolute Gasteiger partial charge is 0.508 e. The maximum atomic E-state index is 15.2. The van der Waals surface area contributed by atoms with Gasteiger partial charge in [-0.3, -0.25) is 9.59 Å². The van der Waals surface area contributed by atoms with Crippen LogP contribution in [-0.4, -0.2) is 34.8 Å². The van der Waals surface area contributed by atoms with Crippen molar-refractivity contribution in [1.82, 2.24) is 0 Å². The van der Waals surface area contributed by atoms with E-state index in [4.69, 9.17) is 4.74 Å². The van der Waals surface area contributed by atoms with Crippen molar-refractivity contribution in [2.24, 2.45) is 10.4 Å². The number of hydrogen-bond acceptors (Lipinski definition) is 6. The van der Waals surface area contributed by atoms with Crippen LogP contribution in [0.1, 0.15) is 112 Å². The van der Waals surface area contributed by atoms with Gasteiger partial charge in [0.25, 0.3) is 0 Å². The standard InChI is InChI=1S/C43H45NO5/c1-6-8-19-43(20-9-7-2)23-30-36(37-32(43)21-29-33(46)22-28-31(35(29)37)24-44-41(28)49-5)39(47)34(25-15-17-27(45)18-16-25)40(48)38(30)42(3,4)26-13-11-10-12-14-26/h10-18,21-22,34,45-46H,6-9,19-20,23-24H2,1-5H3. The molecular formula is C43H45NO5. The van der Waals surface area contributed by atoms with Crippen LogP contribution < -0.4 is 0 Å². The van der Waals surface area contributed by atoms with Gasteiger partial charge in [-0.05, 0) is 82.5 Å². The summed E-state index contributed by atoms with van der Waals surface area (Å²) in [5, 5.41) is 21.8. The summed E-state index contributed by atoms with van der Waals surface area (Å²) >= 11 is 0. The molecule has 0 radical (unpaired) electrons. The fourth-order valence-electron chi connectivity index (χ4n) is 8.92. The second-order valence-electron chi connectivity index (χ2n) is 14.6. The normalized spacial score (nSPS) is 19.3. The number of carbonyl (C=O) groups excluding carboxylic acids is 2. The molecule has 6 nitrogen and oxygen atoms in total. The molecular weight excluding hydrogens is 610 g/mol. The molecule has 6 heteroatoms. The Kier molecular flexibility index (Phi) is 8.25. The molecule has 3 aromatic carbocycles. The number of hydrogen-bond donors (Lipinski definition) is 2. The van der Waals surface area contributed by atoms with E-state index in [1.165, 1.54) is 0 Å². The van der Waals surface area contributed by atoms with Gasteiger partial charge in [0, 0.05) is 33.1 Å². The first kappa shape index (κ1) is 32.8. The van der Waals surface area contributed by atoms with Crippen LogP contribution in [0, 0.1) is 5.41 Å². The Bertz CT molecular complexity index is 1980. The van der Waals surface area contributed by atoms with Crippen molar-refractivity contribution in [3.05, 3.63) is 116 Å². The number of ketones is 2. The number of methoxy groups -OCH3 is 1. The molecule has 49 heavy (non-hydrogen) atoms. The Morgan fingerprint density at radius 1 is 0.918 bits per heavy atom. The molecule has 4 aliphatic rings. The van der Waals surface area contributed by atoms with Crippen LogP contribution in [-0.2, 0) is 26.3 Å². The van der Waals surface area contributed by atoms with Crippen molar-refractivity contribution in [3.63, 3.8) is 0 Å². The first-order valence-corrected chi connectivity index (χ1v) is 17.7. The van der Waals surface area contributed by atoms with E-state index in [-0.39, 0.29) is 28.5 Å². The number of carbonyl (C=O) groups is 2. The summed E-state index contributed by atoms with van der Waals surface area (Å²) in [5.41, 5.74) is 7.82. The highest BCUT2D eigenvalue weighted by Crippen LogP contribution is 2.63. The fraction of sp³-hybridized carbons (Fsp3) is 0.372. The van der Waals surface area contributed by atoms with E-state index in [0.29, 0.717) is 35.6 Å². The van der Waals surface area contributed by atoms with Gasteiger partial charge >= 0.3 is 0 Å². The van der Waals surface area contributed by atoms with Crippen LogP contribution in [0.15, 0.2) is 87.9 Å². The molecule has 1 atom stereocenters. The lowest BCUT2D eigenvalue weighted by Gasteiger charge is -2.46. The van der Waals surface area contributed by atoms with E-state index in [1.807, 2.05) is 18.2 Å². The van der Waals surface area contributed by atoms with Crippen molar-refractivity contribution in [1.29, 1.82) is 0 Å². The third-order valence-electron chi connectivity index (χ3n) is 11.4. The molecule has 1 unspecified atom stereocenters. The van der Waals surface area contributed by atoms with Gasteiger partial charge in [0.1, 0.15) is 17.4 Å². The molecule has 0 aromatic heterocycles. The number of allylic oxidation sites excluding steroid dienone is 5. The third-order valence-corrected chi connectivity index (χ3v) is 11.4. The lowest BCUT2D eigenvalue weighted by atomic mass is 9.55. The lowest BCUT2D eigenvalue weighted by Crippen LogP contribution is -2.42. The zero-order valence-corrected chi connectivity index (χ0v) is 29.2. The number of nitrogens with zero attached hydrogens (tertiary/aromatic N) is 1. The highest BCUT2D eigenvalue weighted by Gasteiger charge is 2.54. The maximum Gasteiger partial charge on any atom is 0.216 e. The summed E-state index contributed by atoms with van der Waals surface area (Å²) in [6, 6.07) is 18.3. The van der Waals surface area contributed by atoms with Crippen molar-refractivity contribution in [2.45, 2.75) is 90.5 Å². The molecule has 2 N–H and O–H groups in total.